The number of hydrogen-bond donors (Lipinski definition) is 2. The van der Waals surface area contributed by atoms with Crippen molar-refractivity contribution in [1.29, 1.82) is 0 Å². The van der Waals surface area contributed by atoms with Gasteiger partial charge in [-0.1, -0.05) is 13.8 Å². The molecule has 1 fully saturated rings. The smallest absolute Gasteiger partial charge is 0.234 e. The van der Waals surface area contributed by atoms with E-state index in [1.807, 2.05) is 18.7 Å². The van der Waals surface area contributed by atoms with Gasteiger partial charge in [-0.25, -0.2) is 0 Å². The van der Waals surface area contributed by atoms with Crippen LogP contribution < -0.4 is 10.6 Å². The Hall–Kier alpha value is -1.14. The van der Waals surface area contributed by atoms with E-state index in [-0.39, 0.29) is 11.8 Å². The van der Waals surface area contributed by atoms with Gasteiger partial charge in [-0.05, 0) is 13.0 Å². The number of piperazine rings is 1. The van der Waals surface area contributed by atoms with Gasteiger partial charge in [0.1, 0.15) is 0 Å². The molecule has 116 valence electrons. The molecule has 1 aliphatic heterocycles. The fourth-order valence-corrected chi connectivity index (χ4v) is 2.21. The lowest BCUT2D eigenvalue weighted by molar-refractivity contribution is -0.133. The molecule has 0 atom stereocenters. The minimum atomic E-state index is 0.0822. The Balaban J connectivity index is 2.19. The minimum Gasteiger partial charge on any atom is -0.355 e. The zero-order chi connectivity index (χ0) is 14.8. The molecular weight excluding hydrogens is 256 g/mol. The van der Waals surface area contributed by atoms with Gasteiger partial charge in [0.2, 0.25) is 11.8 Å². The highest BCUT2D eigenvalue weighted by atomic mass is 16.2. The third kappa shape index (κ3) is 6.34. The van der Waals surface area contributed by atoms with Crippen molar-refractivity contribution in [1.82, 2.24) is 20.4 Å². The van der Waals surface area contributed by atoms with E-state index in [1.165, 1.54) is 0 Å². The van der Waals surface area contributed by atoms with Crippen LogP contribution in [0.15, 0.2) is 0 Å². The van der Waals surface area contributed by atoms with Gasteiger partial charge >= 0.3 is 0 Å². The molecule has 0 spiro atoms. The number of amides is 2. The minimum absolute atomic E-state index is 0.0822. The third-order valence-electron chi connectivity index (χ3n) is 3.43. The molecule has 1 rings (SSSR count). The zero-order valence-corrected chi connectivity index (χ0v) is 12.8. The van der Waals surface area contributed by atoms with Crippen molar-refractivity contribution in [3.8, 4) is 0 Å². The summed E-state index contributed by atoms with van der Waals surface area (Å²) in [6.45, 7) is 9.92. The highest BCUT2D eigenvalue weighted by Gasteiger charge is 2.21. The van der Waals surface area contributed by atoms with E-state index >= 15 is 0 Å². The molecular formula is C14H28N4O2. The van der Waals surface area contributed by atoms with Crippen LogP contribution >= 0.6 is 0 Å². The summed E-state index contributed by atoms with van der Waals surface area (Å²) in [7, 11) is 0. The van der Waals surface area contributed by atoms with Crippen molar-refractivity contribution in [3.63, 3.8) is 0 Å². The molecule has 1 saturated heterocycles. The number of carbonyl (C=O) groups excluding carboxylic acids is 2. The molecule has 0 saturated carbocycles. The Kier molecular flexibility index (Phi) is 8.22. The molecule has 20 heavy (non-hydrogen) atoms. The maximum absolute atomic E-state index is 11.9. The SMILES string of the molecule is CCCNC(=O)CN1CCN(C(=O)CCNCC)CC1. The maximum atomic E-state index is 11.9. The van der Waals surface area contributed by atoms with E-state index in [0.717, 1.165) is 52.2 Å². The Bertz CT molecular complexity index is 302. The van der Waals surface area contributed by atoms with Crippen LogP contribution in [0.1, 0.15) is 26.7 Å². The molecule has 0 aromatic rings. The zero-order valence-electron chi connectivity index (χ0n) is 12.8. The number of nitrogens with one attached hydrogen (secondary N) is 2. The van der Waals surface area contributed by atoms with Crippen molar-refractivity contribution in [2.75, 3.05) is 52.4 Å². The molecule has 1 aliphatic rings. The van der Waals surface area contributed by atoms with Gasteiger partial charge in [-0.3, -0.25) is 14.5 Å². The highest BCUT2D eigenvalue weighted by Crippen LogP contribution is 2.03. The van der Waals surface area contributed by atoms with Crippen molar-refractivity contribution in [2.24, 2.45) is 0 Å². The number of nitrogens with zero attached hydrogens (tertiary/aromatic N) is 2. The molecule has 1 heterocycles. The Morgan fingerprint density at radius 3 is 2.35 bits per heavy atom. The van der Waals surface area contributed by atoms with Crippen LogP contribution in [-0.4, -0.2) is 74.0 Å². The van der Waals surface area contributed by atoms with Crippen molar-refractivity contribution in [2.45, 2.75) is 26.7 Å². The van der Waals surface area contributed by atoms with Crippen LogP contribution in [0.3, 0.4) is 0 Å². The summed E-state index contributed by atoms with van der Waals surface area (Å²) >= 11 is 0. The topological polar surface area (TPSA) is 64.7 Å². The second kappa shape index (κ2) is 9.72. The first kappa shape index (κ1) is 16.9. The van der Waals surface area contributed by atoms with E-state index < -0.39 is 0 Å². The van der Waals surface area contributed by atoms with Crippen LogP contribution in [0.4, 0.5) is 0 Å². The van der Waals surface area contributed by atoms with Gasteiger partial charge < -0.3 is 15.5 Å². The number of hydrogen-bond acceptors (Lipinski definition) is 4. The van der Waals surface area contributed by atoms with Crippen molar-refractivity contribution in [3.05, 3.63) is 0 Å². The highest BCUT2D eigenvalue weighted by molar-refractivity contribution is 5.78. The molecule has 6 nitrogen and oxygen atoms in total. The molecule has 0 aliphatic carbocycles. The van der Waals surface area contributed by atoms with E-state index in [9.17, 15) is 9.59 Å². The van der Waals surface area contributed by atoms with Crippen LogP contribution in [0.25, 0.3) is 0 Å². The standard InChI is InChI=1S/C14H28N4O2/c1-3-6-16-13(19)12-17-8-10-18(11-9-17)14(20)5-7-15-4-2/h15H,3-12H2,1-2H3,(H,16,19). The predicted molar refractivity (Wildman–Crippen MR) is 79.5 cm³/mol. The van der Waals surface area contributed by atoms with Crippen LogP contribution in [0.2, 0.25) is 0 Å². The quantitative estimate of drug-likeness (QED) is 0.598. The average molecular weight is 284 g/mol. The van der Waals surface area contributed by atoms with Gasteiger partial charge in [-0.15, -0.1) is 0 Å². The predicted octanol–water partition coefficient (Wildman–Crippen LogP) is -0.344. The summed E-state index contributed by atoms with van der Waals surface area (Å²) < 4.78 is 0. The maximum Gasteiger partial charge on any atom is 0.234 e. The monoisotopic (exact) mass is 284 g/mol. The largest absolute Gasteiger partial charge is 0.355 e. The normalized spacial score (nSPS) is 16.2. The third-order valence-corrected chi connectivity index (χ3v) is 3.43. The Morgan fingerprint density at radius 2 is 1.75 bits per heavy atom. The average Bonchev–Trinajstić information content (AvgIpc) is 2.46. The van der Waals surface area contributed by atoms with Crippen molar-refractivity contribution < 1.29 is 9.59 Å². The van der Waals surface area contributed by atoms with Crippen molar-refractivity contribution >= 4 is 11.8 Å². The number of rotatable bonds is 8. The second-order valence-corrected chi connectivity index (χ2v) is 5.11. The molecule has 0 bridgehead atoms. The lowest BCUT2D eigenvalue weighted by Gasteiger charge is -2.34. The molecule has 0 unspecified atom stereocenters. The first-order valence-corrected chi connectivity index (χ1v) is 7.64. The molecule has 0 radical (unpaired) electrons. The van der Waals surface area contributed by atoms with E-state index in [1.54, 1.807) is 0 Å². The first-order chi connectivity index (χ1) is 9.67. The molecule has 2 amide bonds. The molecule has 2 N–H and O–H groups in total. The van der Waals surface area contributed by atoms with Gasteiger partial charge in [0.25, 0.3) is 0 Å². The summed E-state index contributed by atoms with van der Waals surface area (Å²) in [6.07, 6.45) is 1.52. The molecule has 0 aromatic carbocycles. The summed E-state index contributed by atoms with van der Waals surface area (Å²) in [5.74, 6) is 0.291. The summed E-state index contributed by atoms with van der Waals surface area (Å²) in [5, 5.41) is 6.04. The van der Waals surface area contributed by atoms with Crippen LogP contribution in [-0.2, 0) is 9.59 Å². The second-order valence-electron chi connectivity index (χ2n) is 5.11. The van der Waals surface area contributed by atoms with Gasteiger partial charge in [0, 0.05) is 45.7 Å². The van der Waals surface area contributed by atoms with Gasteiger partial charge in [-0.2, -0.15) is 0 Å². The first-order valence-electron chi connectivity index (χ1n) is 7.64. The van der Waals surface area contributed by atoms with E-state index in [2.05, 4.69) is 15.5 Å². The number of carbonyl (C=O) groups is 2. The Morgan fingerprint density at radius 1 is 1.05 bits per heavy atom. The van der Waals surface area contributed by atoms with Gasteiger partial charge in [0.15, 0.2) is 0 Å². The van der Waals surface area contributed by atoms with Gasteiger partial charge in [0.05, 0.1) is 6.54 Å². The fourth-order valence-electron chi connectivity index (χ4n) is 2.21. The lowest BCUT2D eigenvalue weighted by atomic mass is 10.2. The van der Waals surface area contributed by atoms with Crippen LogP contribution in [0.5, 0.6) is 0 Å². The summed E-state index contributed by atoms with van der Waals surface area (Å²) in [4.78, 5) is 27.6. The van der Waals surface area contributed by atoms with E-state index in [4.69, 9.17) is 0 Å². The fraction of sp³-hybridized carbons (Fsp3) is 0.857. The van der Waals surface area contributed by atoms with Crippen LogP contribution in [0, 0.1) is 0 Å². The summed E-state index contributed by atoms with van der Waals surface area (Å²) in [5.41, 5.74) is 0. The van der Waals surface area contributed by atoms with E-state index in [0.29, 0.717) is 13.0 Å². The summed E-state index contributed by atoms with van der Waals surface area (Å²) in [6, 6.07) is 0. The lowest BCUT2D eigenvalue weighted by Crippen LogP contribution is -2.51. The molecule has 0 aromatic heterocycles. The Labute approximate surface area is 121 Å². The molecule has 6 heteroatoms.